The number of piperidine rings is 1. The molecule has 1 N–H and O–H groups in total. The maximum atomic E-state index is 12.6. The number of likely N-dealkylation sites (N-methyl/N-ethyl adjacent to an activating group) is 1. The zero-order chi connectivity index (χ0) is 17.1. The van der Waals surface area contributed by atoms with Gasteiger partial charge in [-0.25, -0.2) is 4.68 Å². The molecule has 0 aliphatic carbocycles. The average Bonchev–Trinajstić information content (AvgIpc) is 3.11. The molecule has 0 radical (unpaired) electrons. The van der Waals surface area contributed by atoms with Crippen LogP contribution in [0.1, 0.15) is 23.2 Å². The van der Waals surface area contributed by atoms with Gasteiger partial charge in [0.25, 0.3) is 11.6 Å². The van der Waals surface area contributed by atoms with Gasteiger partial charge < -0.3 is 10.2 Å². The Kier molecular flexibility index (Phi) is 6.11. The first-order valence-electron chi connectivity index (χ1n) is 7.84. The van der Waals surface area contributed by atoms with Crippen LogP contribution in [0.15, 0.2) is 36.7 Å². The largest absolute Gasteiger partial charge is 0.337 e. The highest BCUT2D eigenvalue weighted by atomic mass is 35.5. The smallest absolute Gasteiger partial charge is 0.269 e. The van der Waals surface area contributed by atoms with Crippen LogP contribution in [0.2, 0.25) is 0 Å². The average molecular weight is 366 g/mol. The summed E-state index contributed by atoms with van der Waals surface area (Å²) in [6.45, 7) is 1.44. The number of amides is 1. The molecular weight excluding hydrogens is 346 g/mol. The van der Waals surface area contributed by atoms with Gasteiger partial charge in [-0.15, -0.1) is 12.4 Å². The molecule has 1 fully saturated rings. The van der Waals surface area contributed by atoms with Crippen LogP contribution in [0, 0.1) is 10.1 Å². The number of likely N-dealkylation sites (tertiary alicyclic amines) is 1. The fraction of sp³-hybridized carbons (Fsp3) is 0.375. The van der Waals surface area contributed by atoms with Gasteiger partial charge in [-0.1, -0.05) is 0 Å². The number of carbonyl (C=O) groups is 1. The Morgan fingerprint density at radius 3 is 2.72 bits per heavy atom. The quantitative estimate of drug-likeness (QED) is 0.661. The van der Waals surface area contributed by atoms with Crippen LogP contribution in [0.25, 0.3) is 5.69 Å². The lowest BCUT2D eigenvalue weighted by Crippen LogP contribution is -2.46. The van der Waals surface area contributed by atoms with Crippen LogP contribution >= 0.6 is 12.4 Å². The second-order valence-electron chi connectivity index (χ2n) is 5.83. The van der Waals surface area contributed by atoms with E-state index < -0.39 is 4.92 Å². The number of hydrogen-bond donors (Lipinski definition) is 1. The molecule has 1 aliphatic heterocycles. The highest BCUT2D eigenvalue weighted by Gasteiger charge is 2.24. The minimum Gasteiger partial charge on any atom is -0.337 e. The van der Waals surface area contributed by atoms with E-state index in [4.69, 9.17) is 0 Å². The Labute approximate surface area is 151 Å². The molecule has 3 rings (SSSR count). The molecule has 1 saturated heterocycles. The summed E-state index contributed by atoms with van der Waals surface area (Å²) in [6.07, 6.45) is 5.25. The van der Waals surface area contributed by atoms with Gasteiger partial charge >= 0.3 is 0 Å². The molecule has 0 spiro atoms. The number of rotatable bonds is 4. The monoisotopic (exact) mass is 365 g/mol. The molecule has 9 heteroatoms. The molecule has 0 saturated carbocycles. The number of non-ortho nitro benzene ring substituents is 1. The number of halogens is 1. The molecule has 1 aliphatic rings. The fourth-order valence-electron chi connectivity index (χ4n) is 2.88. The van der Waals surface area contributed by atoms with E-state index >= 15 is 0 Å². The zero-order valence-corrected chi connectivity index (χ0v) is 14.6. The number of nitrogens with one attached hydrogen (secondary N) is 1. The normalized spacial score (nSPS) is 17.0. The summed E-state index contributed by atoms with van der Waals surface area (Å²) in [5, 5.41) is 18.1. The Morgan fingerprint density at radius 1 is 1.36 bits per heavy atom. The number of nitrogens with zero attached hydrogens (tertiary/aromatic N) is 4. The van der Waals surface area contributed by atoms with Crippen LogP contribution in [-0.4, -0.2) is 51.7 Å². The zero-order valence-electron chi connectivity index (χ0n) is 13.8. The van der Waals surface area contributed by atoms with Crippen molar-refractivity contribution < 1.29 is 9.72 Å². The Hall–Kier alpha value is -2.45. The molecule has 0 bridgehead atoms. The molecule has 1 amide bonds. The number of aromatic nitrogens is 2. The second kappa shape index (κ2) is 8.09. The van der Waals surface area contributed by atoms with Gasteiger partial charge in [0.05, 0.1) is 22.4 Å². The highest BCUT2D eigenvalue weighted by molar-refractivity contribution is 5.94. The van der Waals surface area contributed by atoms with Crippen molar-refractivity contribution in [2.45, 2.75) is 18.9 Å². The maximum absolute atomic E-state index is 12.6. The third-order valence-electron chi connectivity index (χ3n) is 4.27. The molecule has 2 aromatic rings. The SMILES string of the molecule is CNC1CCCN(C(=O)c2cnn(-c3ccc([N+](=O)[O-])cc3)c2)C1.Cl. The lowest BCUT2D eigenvalue weighted by atomic mass is 10.1. The van der Waals surface area contributed by atoms with E-state index in [0.717, 1.165) is 19.4 Å². The van der Waals surface area contributed by atoms with Gasteiger partial charge in [-0.05, 0) is 32.0 Å². The second-order valence-corrected chi connectivity index (χ2v) is 5.83. The summed E-state index contributed by atoms with van der Waals surface area (Å²) in [5.41, 5.74) is 1.21. The van der Waals surface area contributed by atoms with Gasteiger partial charge in [-0.2, -0.15) is 5.10 Å². The van der Waals surface area contributed by atoms with Crippen molar-refractivity contribution in [3.63, 3.8) is 0 Å². The van der Waals surface area contributed by atoms with Crippen molar-refractivity contribution in [3.05, 3.63) is 52.3 Å². The van der Waals surface area contributed by atoms with Gasteiger partial charge in [-0.3, -0.25) is 14.9 Å². The van der Waals surface area contributed by atoms with Crippen molar-refractivity contribution in [3.8, 4) is 5.69 Å². The minimum atomic E-state index is -0.448. The first kappa shape index (κ1) is 18.9. The van der Waals surface area contributed by atoms with Crippen molar-refractivity contribution in [1.29, 1.82) is 0 Å². The molecule has 1 aromatic carbocycles. The summed E-state index contributed by atoms with van der Waals surface area (Å²) in [5.74, 6) is -0.0388. The number of nitro groups is 1. The lowest BCUT2D eigenvalue weighted by molar-refractivity contribution is -0.384. The van der Waals surface area contributed by atoms with Crippen LogP contribution < -0.4 is 5.32 Å². The van der Waals surface area contributed by atoms with Crippen LogP contribution in [0.5, 0.6) is 0 Å². The third-order valence-corrected chi connectivity index (χ3v) is 4.27. The van der Waals surface area contributed by atoms with E-state index in [1.807, 2.05) is 11.9 Å². The van der Waals surface area contributed by atoms with Gasteiger partial charge in [0, 0.05) is 37.5 Å². The van der Waals surface area contributed by atoms with E-state index in [9.17, 15) is 14.9 Å². The number of hydrogen-bond acceptors (Lipinski definition) is 5. The minimum absolute atomic E-state index is 0. The summed E-state index contributed by atoms with van der Waals surface area (Å²) >= 11 is 0. The molecule has 2 heterocycles. The van der Waals surface area contributed by atoms with Crippen LogP contribution in [0.4, 0.5) is 5.69 Å². The van der Waals surface area contributed by atoms with Crippen molar-refractivity contribution in [2.24, 2.45) is 0 Å². The Morgan fingerprint density at radius 2 is 2.08 bits per heavy atom. The van der Waals surface area contributed by atoms with E-state index in [-0.39, 0.29) is 24.0 Å². The molecule has 25 heavy (non-hydrogen) atoms. The number of nitro benzene ring substituents is 1. The summed E-state index contributed by atoms with van der Waals surface area (Å²) in [6, 6.07) is 6.38. The maximum Gasteiger partial charge on any atom is 0.269 e. The standard InChI is InChI=1S/C16H19N5O3.ClH/c1-17-13-3-2-8-19(11-13)16(22)12-9-18-20(10-12)14-4-6-15(7-5-14)21(23)24;/h4-7,9-10,13,17H,2-3,8,11H2,1H3;1H. The first-order valence-corrected chi connectivity index (χ1v) is 7.84. The molecule has 134 valence electrons. The van der Waals surface area contributed by atoms with Crippen molar-refractivity contribution in [2.75, 3.05) is 20.1 Å². The summed E-state index contributed by atoms with van der Waals surface area (Å²) in [7, 11) is 1.91. The fourth-order valence-corrected chi connectivity index (χ4v) is 2.88. The van der Waals surface area contributed by atoms with Crippen molar-refractivity contribution in [1.82, 2.24) is 20.0 Å². The highest BCUT2D eigenvalue weighted by Crippen LogP contribution is 2.17. The van der Waals surface area contributed by atoms with Crippen molar-refractivity contribution >= 4 is 24.0 Å². The number of carbonyl (C=O) groups excluding carboxylic acids is 1. The van der Waals surface area contributed by atoms with E-state index in [1.165, 1.54) is 18.3 Å². The van der Waals surface area contributed by atoms with E-state index in [2.05, 4.69) is 10.4 Å². The molecule has 1 unspecified atom stereocenters. The lowest BCUT2D eigenvalue weighted by Gasteiger charge is -2.32. The number of benzene rings is 1. The van der Waals surface area contributed by atoms with Gasteiger partial charge in [0.15, 0.2) is 0 Å². The predicted octanol–water partition coefficient (Wildman–Crippen LogP) is 2.03. The topological polar surface area (TPSA) is 93.3 Å². The summed E-state index contributed by atoms with van der Waals surface area (Å²) < 4.78 is 1.55. The molecule has 8 nitrogen and oxygen atoms in total. The third kappa shape index (κ3) is 4.15. The molecular formula is C16H20ClN5O3. The summed E-state index contributed by atoms with van der Waals surface area (Å²) in [4.78, 5) is 24.7. The molecule has 1 aromatic heterocycles. The van der Waals surface area contributed by atoms with Gasteiger partial charge in [0.2, 0.25) is 0 Å². The van der Waals surface area contributed by atoms with E-state index in [0.29, 0.717) is 23.8 Å². The Balaban J connectivity index is 0.00000225. The molecule has 1 atom stereocenters. The first-order chi connectivity index (χ1) is 11.6. The Bertz CT molecular complexity index is 746. The predicted molar refractivity (Wildman–Crippen MR) is 95.5 cm³/mol. The van der Waals surface area contributed by atoms with Crippen LogP contribution in [-0.2, 0) is 0 Å². The van der Waals surface area contributed by atoms with Crippen LogP contribution in [0.3, 0.4) is 0 Å². The van der Waals surface area contributed by atoms with Gasteiger partial charge in [0.1, 0.15) is 0 Å². The van der Waals surface area contributed by atoms with E-state index in [1.54, 1.807) is 23.0 Å².